The molecule has 0 spiro atoms. The van der Waals surface area contributed by atoms with Crippen LogP contribution in [0.4, 0.5) is 0 Å². The molecule has 3 nitrogen and oxygen atoms in total. The van der Waals surface area contributed by atoms with E-state index in [1.807, 2.05) is 0 Å². The molecule has 0 fully saturated rings. The molecule has 0 bridgehead atoms. The number of fused-ring (bicyclic) bond motifs is 1. The lowest BCUT2D eigenvalue weighted by Crippen LogP contribution is -2.02. The largest absolute Gasteiger partial charge is 0.495 e. The second-order valence-corrected chi connectivity index (χ2v) is 3.59. The molecule has 0 aliphatic rings. The Balaban J connectivity index is 2.87. The Morgan fingerprint density at radius 3 is 2.80 bits per heavy atom. The Morgan fingerprint density at radius 1 is 1.40 bits per heavy atom. The van der Waals surface area contributed by atoms with Crippen LogP contribution in [0, 0.1) is 6.92 Å². The Morgan fingerprint density at radius 2 is 2.13 bits per heavy atom. The molecule has 0 aliphatic heterocycles. The third-order valence-electron chi connectivity index (χ3n) is 2.20. The molecule has 0 saturated carbocycles. The Bertz CT molecular complexity index is 572. The first kappa shape index (κ1) is 10.1. The zero-order valence-electron chi connectivity index (χ0n) is 8.33. The predicted octanol–water partition coefficient (Wildman–Crippen LogP) is 2.76. The Labute approximate surface area is 91.2 Å². The highest BCUT2D eigenvalue weighted by Gasteiger charge is 2.09. The van der Waals surface area contributed by atoms with E-state index in [0.29, 0.717) is 21.9 Å². The summed E-state index contributed by atoms with van der Waals surface area (Å²) in [4.78, 5) is 11.3. The number of aryl methyl sites for hydroxylation is 1. The van der Waals surface area contributed by atoms with E-state index < -0.39 is 0 Å². The fourth-order valence-electron chi connectivity index (χ4n) is 1.39. The van der Waals surface area contributed by atoms with Crippen molar-refractivity contribution in [2.75, 3.05) is 7.11 Å². The van der Waals surface area contributed by atoms with Crippen molar-refractivity contribution in [2.24, 2.45) is 0 Å². The van der Waals surface area contributed by atoms with Crippen LogP contribution in [-0.2, 0) is 0 Å². The van der Waals surface area contributed by atoms with Crippen LogP contribution >= 0.6 is 11.6 Å². The molecule has 1 aromatic heterocycles. The lowest BCUT2D eigenvalue weighted by atomic mass is 10.2. The monoisotopic (exact) mass is 224 g/mol. The van der Waals surface area contributed by atoms with Gasteiger partial charge in [0.2, 0.25) is 0 Å². The lowest BCUT2D eigenvalue weighted by molar-refractivity contribution is 0.414. The van der Waals surface area contributed by atoms with Crippen molar-refractivity contribution in [2.45, 2.75) is 6.92 Å². The van der Waals surface area contributed by atoms with E-state index >= 15 is 0 Å². The van der Waals surface area contributed by atoms with Crippen LogP contribution in [0.2, 0.25) is 5.02 Å². The summed E-state index contributed by atoms with van der Waals surface area (Å²) in [6.45, 7) is 1.70. The third-order valence-corrected chi connectivity index (χ3v) is 2.56. The maximum atomic E-state index is 11.3. The Kier molecular flexibility index (Phi) is 2.40. The summed E-state index contributed by atoms with van der Waals surface area (Å²) < 4.78 is 10.1. The number of rotatable bonds is 1. The molecule has 0 atom stereocenters. The molecule has 15 heavy (non-hydrogen) atoms. The zero-order valence-corrected chi connectivity index (χ0v) is 9.09. The van der Waals surface area contributed by atoms with Gasteiger partial charge in [-0.15, -0.1) is 0 Å². The average Bonchev–Trinajstić information content (AvgIpc) is 2.22. The van der Waals surface area contributed by atoms with Crippen LogP contribution in [0.25, 0.3) is 11.0 Å². The minimum atomic E-state index is -0.377. The van der Waals surface area contributed by atoms with Crippen molar-refractivity contribution >= 4 is 22.6 Å². The summed E-state index contributed by atoms with van der Waals surface area (Å²) in [6.07, 6.45) is 0. The molecule has 0 aliphatic carbocycles. The molecular weight excluding hydrogens is 216 g/mol. The fourth-order valence-corrected chi connectivity index (χ4v) is 1.68. The molecule has 78 valence electrons. The van der Waals surface area contributed by atoms with E-state index in [1.165, 1.54) is 7.11 Å². The number of halogens is 1. The van der Waals surface area contributed by atoms with E-state index in [-0.39, 0.29) is 5.63 Å². The summed E-state index contributed by atoms with van der Waals surface area (Å²) in [5.41, 5.74) is 0.549. The second kappa shape index (κ2) is 3.59. The van der Waals surface area contributed by atoms with Crippen molar-refractivity contribution < 1.29 is 9.15 Å². The van der Waals surface area contributed by atoms with Crippen LogP contribution in [-0.4, -0.2) is 7.11 Å². The van der Waals surface area contributed by atoms with Crippen LogP contribution in [0.3, 0.4) is 0 Å². The SMILES string of the molecule is COc1ccc2cc(C)c(=O)oc2c1Cl. The van der Waals surface area contributed by atoms with Gasteiger partial charge in [-0.1, -0.05) is 11.6 Å². The van der Waals surface area contributed by atoms with E-state index in [0.717, 1.165) is 5.39 Å². The zero-order chi connectivity index (χ0) is 11.0. The van der Waals surface area contributed by atoms with E-state index in [1.54, 1.807) is 25.1 Å². The number of ether oxygens (including phenoxy) is 1. The summed E-state index contributed by atoms with van der Waals surface area (Å²) in [7, 11) is 1.51. The summed E-state index contributed by atoms with van der Waals surface area (Å²) in [5.74, 6) is 0.496. The molecule has 0 amide bonds. The first-order valence-electron chi connectivity index (χ1n) is 4.40. The molecular formula is C11H9ClO3. The Hall–Kier alpha value is -1.48. The highest BCUT2D eigenvalue weighted by Crippen LogP contribution is 2.31. The van der Waals surface area contributed by atoms with Gasteiger partial charge in [0.25, 0.3) is 0 Å². The molecule has 1 aromatic carbocycles. The predicted molar refractivity (Wildman–Crippen MR) is 58.8 cm³/mol. The van der Waals surface area contributed by atoms with Crippen molar-refractivity contribution in [3.05, 3.63) is 39.2 Å². The maximum Gasteiger partial charge on any atom is 0.339 e. The van der Waals surface area contributed by atoms with Gasteiger partial charge in [-0.2, -0.15) is 0 Å². The van der Waals surface area contributed by atoms with Crippen LogP contribution in [0.5, 0.6) is 5.75 Å². The first-order chi connectivity index (χ1) is 7.13. The molecule has 0 saturated heterocycles. The van der Waals surface area contributed by atoms with Crippen LogP contribution in [0.1, 0.15) is 5.56 Å². The minimum absolute atomic E-state index is 0.326. The van der Waals surface area contributed by atoms with Gasteiger partial charge in [0.15, 0.2) is 5.58 Å². The highest BCUT2D eigenvalue weighted by molar-refractivity contribution is 6.36. The van der Waals surface area contributed by atoms with E-state index in [9.17, 15) is 4.79 Å². The number of benzene rings is 1. The highest BCUT2D eigenvalue weighted by atomic mass is 35.5. The van der Waals surface area contributed by atoms with Gasteiger partial charge >= 0.3 is 5.63 Å². The smallest absolute Gasteiger partial charge is 0.339 e. The van der Waals surface area contributed by atoms with Gasteiger partial charge in [-0.05, 0) is 25.1 Å². The van der Waals surface area contributed by atoms with Gasteiger partial charge in [0.1, 0.15) is 10.8 Å². The van der Waals surface area contributed by atoms with Crippen molar-refractivity contribution in [1.29, 1.82) is 0 Å². The van der Waals surface area contributed by atoms with Gasteiger partial charge in [-0.25, -0.2) is 4.79 Å². The quantitative estimate of drug-likeness (QED) is 0.700. The van der Waals surface area contributed by atoms with Crippen molar-refractivity contribution in [3.63, 3.8) is 0 Å². The molecule has 2 rings (SSSR count). The minimum Gasteiger partial charge on any atom is -0.495 e. The molecule has 0 unspecified atom stereocenters. The first-order valence-corrected chi connectivity index (χ1v) is 4.78. The summed E-state index contributed by atoms with van der Waals surface area (Å²) in [6, 6.07) is 5.28. The summed E-state index contributed by atoms with van der Waals surface area (Å²) in [5, 5.41) is 1.12. The number of hydrogen-bond donors (Lipinski definition) is 0. The van der Waals surface area contributed by atoms with Crippen molar-refractivity contribution in [3.8, 4) is 5.75 Å². The standard InChI is InChI=1S/C11H9ClO3/c1-6-5-7-3-4-8(14-2)9(12)10(7)15-11(6)13/h3-5H,1-2H3. The molecule has 0 N–H and O–H groups in total. The molecule has 2 aromatic rings. The molecule has 1 heterocycles. The topological polar surface area (TPSA) is 39.4 Å². The van der Waals surface area contributed by atoms with E-state index in [4.69, 9.17) is 20.8 Å². The average molecular weight is 225 g/mol. The lowest BCUT2D eigenvalue weighted by Gasteiger charge is -2.05. The molecule has 0 radical (unpaired) electrons. The van der Waals surface area contributed by atoms with Crippen LogP contribution < -0.4 is 10.4 Å². The second-order valence-electron chi connectivity index (χ2n) is 3.22. The summed E-state index contributed by atoms with van der Waals surface area (Å²) >= 11 is 6.01. The number of methoxy groups -OCH3 is 1. The van der Waals surface area contributed by atoms with Gasteiger partial charge in [0.05, 0.1) is 7.11 Å². The normalized spacial score (nSPS) is 10.6. The van der Waals surface area contributed by atoms with Gasteiger partial charge in [0, 0.05) is 10.9 Å². The van der Waals surface area contributed by atoms with Crippen molar-refractivity contribution in [1.82, 2.24) is 0 Å². The molecule has 4 heteroatoms. The fraction of sp³-hybridized carbons (Fsp3) is 0.182. The number of hydrogen-bond acceptors (Lipinski definition) is 3. The van der Waals surface area contributed by atoms with Gasteiger partial charge < -0.3 is 9.15 Å². The maximum absolute atomic E-state index is 11.3. The van der Waals surface area contributed by atoms with Crippen LogP contribution in [0.15, 0.2) is 27.4 Å². The van der Waals surface area contributed by atoms with Gasteiger partial charge in [-0.3, -0.25) is 0 Å². The van der Waals surface area contributed by atoms with E-state index in [2.05, 4.69) is 0 Å². The third kappa shape index (κ3) is 1.59.